The Morgan fingerprint density at radius 2 is 1.97 bits per heavy atom. The Kier molecular flexibility index (Phi) is 6.17. The minimum absolute atomic E-state index is 0.0971. The van der Waals surface area contributed by atoms with Gasteiger partial charge in [0.15, 0.2) is 0 Å². The topological polar surface area (TPSA) is 80.8 Å². The molecule has 0 spiro atoms. The fourth-order valence-corrected chi connectivity index (χ4v) is 5.64. The van der Waals surface area contributed by atoms with Gasteiger partial charge < -0.3 is 14.4 Å². The molecule has 4 aromatic rings. The van der Waals surface area contributed by atoms with Gasteiger partial charge in [0.1, 0.15) is 24.7 Å². The summed E-state index contributed by atoms with van der Waals surface area (Å²) in [5.74, 6) is 0.978. The maximum absolute atomic E-state index is 13.4. The Hall–Kier alpha value is -3.49. The largest absolute Gasteiger partial charge is 0.490 e. The lowest BCUT2D eigenvalue weighted by molar-refractivity contribution is 0.291. The molecule has 0 unspecified atom stereocenters. The molecule has 1 aliphatic rings. The molecule has 2 heterocycles. The van der Waals surface area contributed by atoms with E-state index in [1.165, 1.54) is 6.07 Å². The average Bonchev–Trinajstić information content (AvgIpc) is 2.85. The van der Waals surface area contributed by atoms with E-state index in [0.29, 0.717) is 22.6 Å². The highest BCUT2D eigenvalue weighted by molar-refractivity contribution is 7.92. The van der Waals surface area contributed by atoms with Crippen LogP contribution in [0.1, 0.15) is 11.1 Å². The molecule has 0 fully saturated rings. The van der Waals surface area contributed by atoms with E-state index in [4.69, 9.17) is 21.1 Å². The molecule has 0 atom stereocenters. The zero-order valence-corrected chi connectivity index (χ0v) is 20.9. The fourth-order valence-electron chi connectivity index (χ4n) is 4.07. The summed E-state index contributed by atoms with van der Waals surface area (Å²) in [6.45, 7) is 3.32. The SMILES string of the molecule is Cc1c(Cl)cccc1S(=O)(=O)Nc1c(OCc2ccc3c(c2)OCCN3C)ncc2ccccc12. The zero-order valence-electron chi connectivity index (χ0n) is 19.3. The number of nitrogens with one attached hydrogen (secondary N) is 1. The van der Waals surface area contributed by atoms with Gasteiger partial charge in [-0.15, -0.1) is 0 Å². The number of anilines is 2. The van der Waals surface area contributed by atoms with Gasteiger partial charge in [0.2, 0.25) is 5.88 Å². The third kappa shape index (κ3) is 4.59. The highest BCUT2D eigenvalue weighted by Crippen LogP contribution is 2.36. The predicted molar refractivity (Wildman–Crippen MR) is 138 cm³/mol. The van der Waals surface area contributed by atoms with Gasteiger partial charge in [-0.05, 0) is 42.3 Å². The smallest absolute Gasteiger partial charge is 0.262 e. The lowest BCUT2D eigenvalue weighted by atomic mass is 10.1. The Labute approximate surface area is 209 Å². The number of hydrogen-bond acceptors (Lipinski definition) is 6. The predicted octanol–water partition coefficient (Wildman–Crippen LogP) is 5.41. The first kappa shape index (κ1) is 23.3. The standard InChI is InChI=1S/C26H24ClN3O4S/c1-17-21(27)8-5-9-24(17)35(31,32)29-25-20-7-4-3-6-19(20)15-28-26(25)34-16-18-10-11-22-23(14-18)33-13-12-30(22)2/h3-11,14-15,29H,12-13,16H2,1-2H3. The first-order valence-electron chi connectivity index (χ1n) is 11.1. The summed E-state index contributed by atoms with van der Waals surface area (Å²) in [6.07, 6.45) is 1.66. The molecular weight excluding hydrogens is 486 g/mol. The number of ether oxygens (including phenoxy) is 2. The Morgan fingerprint density at radius 1 is 1.14 bits per heavy atom. The monoisotopic (exact) mass is 509 g/mol. The maximum Gasteiger partial charge on any atom is 0.262 e. The van der Waals surface area contributed by atoms with Gasteiger partial charge in [0.05, 0.1) is 17.1 Å². The molecule has 0 bridgehead atoms. The summed E-state index contributed by atoms with van der Waals surface area (Å²) in [5, 5.41) is 1.84. The van der Waals surface area contributed by atoms with Gasteiger partial charge in [-0.25, -0.2) is 13.4 Å². The summed E-state index contributed by atoms with van der Waals surface area (Å²) in [6, 6.07) is 18.1. The minimum Gasteiger partial charge on any atom is -0.490 e. The normalized spacial score (nSPS) is 13.3. The van der Waals surface area contributed by atoms with E-state index in [-0.39, 0.29) is 23.1 Å². The van der Waals surface area contributed by atoms with Gasteiger partial charge in [0, 0.05) is 29.0 Å². The number of benzene rings is 3. The highest BCUT2D eigenvalue weighted by atomic mass is 35.5. The molecule has 0 saturated carbocycles. The van der Waals surface area contributed by atoms with Crippen molar-refractivity contribution in [3.05, 3.63) is 83.0 Å². The average molecular weight is 510 g/mol. The zero-order chi connectivity index (χ0) is 24.6. The van der Waals surface area contributed by atoms with Crippen LogP contribution in [0.4, 0.5) is 11.4 Å². The van der Waals surface area contributed by atoms with Gasteiger partial charge in [-0.2, -0.15) is 0 Å². The van der Waals surface area contributed by atoms with Crippen LogP contribution in [-0.4, -0.2) is 33.6 Å². The molecule has 1 N–H and O–H groups in total. The van der Waals surface area contributed by atoms with Crippen LogP contribution in [-0.2, 0) is 16.6 Å². The third-order valence-corrected chi connectivity index (χ3v) is 7.91. The van der Waals surface area contributed by atoms with Crippen molar-refractivity contribution in [1.29, 1.82) is 0 Å². The molecule has 3 aromatic carbocycles. The molecule has 35 heavy (non-hydrogen) atoms. The Balaban J connectivity index is 1.49. The quantitative estimate of drug-likeness (QED) is 0.374. The Morgan fingerprint density at radius 3 is 2.83 bits per heavy atom. The van der Waals surface area contributed by atoms with Gasteiger partial charge in [-0.3, -0.25) is 4.72 Å². The third-order valence-electron chi connectivity index (χ3n) is 6.00. The number of rotatable bonds is 6. The molecule has 5 rings (SSSR count). The van der Waals surface area contributed by atoms with Crippen LogP contribution in [0.5, 0.6) is 11.6 Å². The second-order valence-corrected chi connectivity index (χ2v) is 10.4. The number of likely N-dealkylation sites (N-methyl/N-ethyl adjacent to an activating group) is 1. The van der Waals surface area contributed by atoms with Crippen molar-refractivity contribution >= 4 is 43.8 Å². The summed E-state index contributed by atoms with van der Waals surface area (Å²) in [5.41, 5.74) is 2.65. The molecule has 9 heteroatoms. The number of halogens is 1. The highest BCUT2D eigenvalue weighted by Gasteiger charge is 2.23. The minimum atomic E-state index is -3.96. The van der Waals surface area contributed by atoms with Crippen LogP contribution < -0.4 is 19.1 Å². The number of aromatic nitrogens is 1. The second-order valence-electron chi connectivity index (χ2n) is 8.35. The van der Waals surface area contributed by atoms with Crippen molar-refractivity contribution in [3.63, 3.8) is 0 Å². The van der Waals surface area contributed by atoms with E-state index in [0.717, 1.165) is 28.9 Å². The van der Waals surface area contributed by atoms with Gasteiger partial charge in [-0.1, -0.05) is 48.0 Å². The van der Waals surface area contributed by atoms with Crippen LogP contribution >= 0.6 is 11.6 Å². The number of hydrogen-bond donors (Lipinski definition) is 1. The molecule has 1 aromatic heterocycles. The lowest BCUT2D eigenvalue weighted by Crippen LogP contribution is -2.28. The number of pyridine rings is 1. The lowest BCUT2D eigenvalue weighted by Gasteiger charge is -2.28. The van der Waals surface area contributed by atoms with E-state index in [9.17, 15) is 8.42 Å². The van der Waals surface area contributed by atoms with Crippen LogP contribution in [0.15, 0.2) is 71.8 Å². The number of nitrogens with zero attached hydrogens (tertiary/aromatic N) is 2. The molecule has 0 saturated heterocycles. The van der Waals surface area contributed by atoms with E-state index in [1.807, 2.05) is 49.5 Å². The molecular formula is C26H24ClN3O4S. The summed E-state index contributed by atoms with van der Waals surface area (Å²) >= 11 is 6.18. The first-order chi connectivity index (χ1) is 16.8. The maximum atomic E-state index is 13.4. The van der Waals surface area contributed by atoms with E-state index in [2.05, 4.69) is 14.6 Å². The van der Waals surface area contributed by atoms with Crippen LogP contribution in [0.25, 0.3) is 10.8 Å². The van der Waals surface area contributed by atoms with E-state index in [1.54, 1.807) is 25.3 Å². The number of sulfonamides is 1. The van der Waals surface area contributed by atoms with Crippen LogP contribution in [0, 0.1) is 6.92 Å². The van der Waals surface area contributed by atoms with Crippen molar-refractivity contribution in [1.82, 2.24) is 4.98 Å². The van der Waals surface area contributed by atoms with Gasteiger partial charge >= 0.3 is 0 Å². The molecule has 0 aliphatic carbocycles. The molecule has 0 radical (unpaired) electrons. The van der Waals surface area contributed by atoms with E-state index >= 15 is 0 Å². The summed E-state index contributed by atoms with van der Waals surface area (Å²) in [7, 11) is -1.94. The Bertz CT molecular complexity index is 1520. The van der Waals surface area contributed by atoms with Crippen LogP contribution in [0.3, 0.4) is 0 Å². The van der Waals surface area contributed by atoms with E-state index < -0.39 is 10.0 Å². The summed E-state index contributed by atoms with van der Waals surface area (Å²) in [4.78, 5) is 6.66. The molecule has 0 amide bonds. The fraction of sp³-hybridized carbons (Fsp3) is 0.192. The van der Waals surface area contributed by atoms with Crippen LogP contribution in [0.2, 0.25) is 5.02 Å². The second kappa shape index (κ2) is 9.28. The number of fused-ring (bicyclic) bond motifs is 2. The van der Waals surface area contributed by atoms with Crippen molar-refractivity contribution < 1.29 is 17.9 Å². The van der Waals surface area contributed by atoms with Crippen molar-refractivity contribution in [2.45, 2.75) is 18.4 Å². The molecule has 7 nitrogen and oxygen atoms in total. The van der Waals surface area contributed by atoms with Crippen molar-refractivity contribution in [2.24, 2.45) is 0 Å². The van der Waals surface area contributed by atoms with Crippen molar-refractivity contribution in [2.75, 3.05) is 29.8 Å². The van der Waals surface area contributed by atoms with Crippen molar-refractivity contribution in [3.8, 4) is 11.6 Å². The molecule has 180 valence electrons. The molecule has 1 aliphatic heterocycles. The van der Waals surface area contributed by atoms with Gasteiger partial charge in [0.25, 0.3) is 10.0 Å². The first-order valence-corrected chi connectivity index (χ1v) is 12.9. The summed E-state index contributed by atoms with van der Waals surface area (Å²) < 4.78 is 41.3.